The van der Waals surface area contributed by atoms with Crippen molar-refractivity contribution in [2.24, 2.45) is 11.5 Å². The quantitative estimate of drug-likeness (QED) is 0.130. The summed E-state index contributed by atoms with van der Waals surface area (Å²) in [6.45, 7) is 1.25. The molecule has 208 valence electrons. The summed E-state index contributed by atoms with van der Waals surface area (Å²) in [7, 11) is 0. The molecule has 38 heavy (non-hydrogen) atoms. The van der Waals surface area contributed by atoms with E-state index in [9.17, 15) is 34.2 Å². The van der Waals surface area contributed by atoms with Crippen molar-refractivity contribution < 1.29 is 34.2 Å². The van der Waals surface area contributed by atoms with Crippen LogP contribution in [0.25, 0.3) is 10.9 Å². The van der Waals surface area contributed by atoms with E-state index in [0.717, 1.165) is 10.9 Å². The number of nitrogens with one attached hydrogen (secondary N) is 4. The lowest BCUT2D eigenvalue weighted by atomic mass is 10.0. The van der Waals surface area contributed by atoms with Crippen LogP contribution in [0.3, 0.4) is 0 Å². The van der Waals surface area contributed by atoms with Gasteiger partial charge in [0.1, 0.15) is 18.1 Å². The number of nitrogens with two attached hydrogens (primary N) is 2. The number of aromatic nitrogens is 1. The third kappa shape index (κ3) is 8.75. The van der Waals surface area contributed by atoms with Gasteiger partial charge in [0.25, 0.3) is 0 Å². The van der Waals surface area contributed by atoms with Crippen molar-refractivity contribution >= 4 is 52.3 Å². The number of amides is 4. The number of carbonyl (C=O) groups is 5. The smallest absolute Gasteiger partial charge is 0.326 e. The number of aliphatic hydroxyl groups is 1. The van der Waals surface area contributed by atoms with Crippen LogP contribution in [-0.4, -0.2) is 87.1 Å². The van der Waals surface area contributed by atoms with Crippen molar-refractivity contribution in [3.63, 3.8) is 0 Å². The standard InChI is InChI=1S/C24H34N6O7S/c1-12(31)20(30-21(33)15(25)7-8-38-2)23(35)28-17(10-19(26)32)22(34)29-18(24(36)37)9-13-11-27-16-6-4-3-5-14(13)16/h3-6,11-12,15,17-18,20,27,31H,7-10,25H2,1-2H3,(H2,26,32)(H,28,35)(H,29,34)(H,30,33)(H,36,37). The molecule has 1 aromatic carbocycles. The van der Waals surface area contributed by atoms with E-state index in [0.29, 0.717) is 17.7 Å². The van der Waals surface area contributed by atoms with Gasteiger partial charge in [-0.25, -0.2) is 4.79 Å². The number of carboxylic acid groups (broad SMARTS) is 1. The minimum absolute atomic E-state index is 0.0807. The van der Waals surface area contributed by atoms with E-state index in [1.54, 1.807) is 18.3 Å². The normalized spacial score (nSPS) is 15.1. The topological polar surface area (TPSA) is 230 Å². The van der Waals surface area contributed by atoms with E-state index in [2.05, 4.69) is 20.9 Å². The number of aliphatic hydroxyl groups excluding tert-OH is 1. The van der Waals surface area contributed by atoms with Crippen LogP contribution in [0.5, 0.6) is 0 Å². The summed E-state index contributed by atoms with van der Waals surface area (Å²) in [6.07, 6.45) is 1.71. The second-order valence-corrected chi connectivity index (χ2v) is 9.80. The van der Waals surface area contributed by atoms with Crippen molar-refractivity contribution in [2.75, 3.05) is 12.0 Å². The summed E-state index contributed by atoms with van der Waals surface area (Å²) >= 11 is 1.48. The monoisotopic (exact) mass is 550 g/mol. The number of carbonyl (C=O) groups excluding carboxylic acids is 4. The number of thioether (sulfide) groups is 1. The van der Waals surface area contributed by atoms with Gasteiger partial charge in [-0.2, -0.15) is 11.8 Å². The molecule has 13 nitrogen and oxygen atoms in total. The predicted molar refractivity (Wildman–Crippen MR) is 142 cm³/mol. The van der Waals surface area contributed by atoms with Gasteiger partial charge in [0.05, 0.1) is 18.6 Å². The van der Waals surface area contributed by atoms with Gasteiger partial charge < -0.3 is 42.6 Å². The molecule has 0 aliphatic carbocycles. The van der Waals surface area contributed by atoms with E-state index < -0.39 is 66.3 Å². The lowest BCUT2D eigenvalue weighted by Crippen LogP contribution is -2.60. The number of H-pyrrole nitrogens is 1. The van der Waals surface area contributed by atoms with Gasteiger partial charge >= 0.3 is 5.97 Å². The first-order valence-corrected chi connectivity index (χ1v) is 13.2. The molecule has 0 aliphatic heterocycles. The molecule has 1 heterocycles. The number of hydrogen-bond donors (Lipinski definition) is 8. The Morgan fingerprint density at radius 1 is 1.03 bits per heavy atom. The molecule has 0 bridgehead atoms. The highest BCUT2D eigenvalue weighted by molar-refractivity contribution is 7.98. The van der Waals surface area contributed by atoms with Gasteiger partial charge in [-0.3, -0.25) is 19.2 Å². The molecule has 0 saturated carbocycles. The highest BCUT2D eigenvalue weighted by atomic mass is 32.2. The van der Waals surface area contributed by atoms with Crippen LogP contribution in [0.15, 0.2) is 30.5 Å². The minimum Gasteiger partial charge on any atom is -0.480 e. The van der Waals surface area contributed by atoms with E-state index in [4.69, 9.17) is 11.5 Å². The fourth-order valence-electron chi connectivity index (χ4n) is 3.71. The number of aromatic amines is 1. The Balaban J connectivity index is 2.15. The Bertz CT molecular complexity index is 1150. The highest BCUT2D eigenvalue weighted by Gasteiger charge is 2.33. The lowest BCUT2D eigenvalue weighted by Gasteiger charge is -2.26. The SMILES string of the molecule is CSCCC(N)C(=O)NC(C(=O)NC(CC(N)=O)C(=O)NC(Cc1c[nH]c2ccccc12)C(=O)O)C(C)O. The maximum atomic E-state index is 13.0. The Kier molecular flexibility index (Phi) is 11.6. The fraction of sp³-hybridized carbons (Fsp3) is 0.458. The first kappa shape index (κ1) is 30.6. The third-order valence-corrected chi connectivity index (χ3v) is 6.43. The van der Waals surface area contributed by atoms with Crippen molar-refractivity contribution in [1.29, 1.82) is 0 Å². The van der Waals surface area contributed by atoms with Gasteiger partial charge in [-0.05, 0) is 37.0 Å². The maximum Gasteiger partial charge on any atom is 0.326 e. The number of hydrogen-bond acceptors (Lipinski definition) is 8. The molecule has 0 spiro atoms. The van der Waals surface area contributed by atoms with Crippen LogP contribution in [-0.2, 0) is 30.4 Å². The van der Waals surface area contributed by atoms with Crippen LogP contribution in [0.1, 0.15) is 25.3 Å². The van der Waals surface area contributed by atoms with Crippen LogP contribution in [0.4, 0.5) is 0 Å². The summed E-state index contributed by atoms with van der Waals surface area (Å²) in [6, 6.07) is 1.85. The highest BCUT2D eigenvalue weighted by Crippen LogP contribution is 2.19. The van der Waals surface area contributed by atoms with Crippen molar-refractivity contribution in [2.45, 2.75) is 56.5 Å². The maximum absolute atomic E-state index is 13.0. The van der Waals surface area contributed by atoms with Gasteiger partial charge in [0.15, 0.2) is 0 Å². The lowest BCUT2D eigenvalue weighted by molar-refractivity contribution is -0.142. The third-order valence-electron chi connectivity index (χ3n) is 5.78. The predicted octanol–water partition coefficient (Wildman–Crippen LogP) is -1.41. The van der Waals surface area contributed by atoms with Gasteiger partial charge in [0.2, 0.25) is 23.6 Å². The molecule has 10 N–H and O–H groups in total. The summed E-state index contributed by atoms with van der Waals surface area (Å²) in [5.74, 6) is -4.30. The number of carboxylic acids is 1. The second kappa shape index (κ2) is 14.4. The number of aliphatic carboxylic acids is 1. The van der Waals surface area contributed by atoms with Gasteiger partial charge in [-0.1, -0.05) is 18.2 Å². The Morgan fingerprint density at radius 2 is 1.68 bits per heavy atom. The van der Waals surface area contributed by atoms with Gasteiger partial charge in [0, 0.05) is 23.5 Å². The molecule has 0 radical (unpaired) electrons. The molecule has 5 atom stereocenters. The van der Waals surface area contributed by atoms with Crippen LogP contribution < -0.4 is 27.4 Å². The average molecular weight is 551 g/mol. The van der Waals surface area contributed by atoms with Crippen LogP contribution in [0.2, 0.25) is 0 Å². The number of para-hydroxylation sites is 1. The molecule has 14 heteroatoms. The number of primary amides is 1. The molecule has 4 amide bonds. The first-order chi connectivity index (χ1) is 17.9. The Morgan fingerprint density at radius 3 is 2.29 bits per heavy atom. The van der Waals surface area contributed by atoms with Crippen LogP contribution in [0, 0.1) is 0 Å². The Hall–Kier alpha value is -3.62. The Labute approximate surface area is 223 Å². The first-order valence-electron chi connectivity index (χ1n) is 11.8. The van der Waals surface area contributed by atoms with Crippen LogP contribution >= 0.6 is 11.8 Å². The average Bonchev–Trinajstić information content (AvgIpc) is 3.26. The van der Waals surface area contributed by atoms with E-state index in [1.165, 1.54) is 18.7 Å². The number of benzene rings is 1. The van der Waals surface area contributed by atoms with Crippen molar-refractivity contribution in [1.82, 2.24) is 20.9 Å². The zero-order valence-corrected chi connectivity index (χ0v) is 21.9. The number of fused-ring (bicyclic) bond motifs is 1. The molecule has 5 unspecified atom stereocenters. The van der Waals surface area contributed by atoms with E-state index >= 15 is 0 Å². The molecule has 2 rings (SSSR count). The van der Waals surface area contributed by atoms with Crippen molar-refractivity contribution in [3.8, 4) is 0 Å². The molecule has 1 aromatic heterocycles. The summed E-state index contributed by atoms with van der Waals surface area (Å²) in [4.78, 5) is 64.8. The molecular weight excluding hydrogens is 516 g/mol. The zero-order chi connectivity index (χ0) is 28.4. The molecular formula is C24H34N6O7S. The molecule has 0 aliphatic rings. The van der Waals surface area contributed by atoms with E-state index in [1.807, 2.05) is 18.4 Å². The molecule has 0 fully saturated rings. The van der Waals surface area contributed by atoms with Crippen molar-refractivity contribution in [3.05, 3.63) is 36.0 Å². The largest absolute Gasteiger partial charge is 0.480 e. The van der Waals surface area contributed by atoms with Gasteiger partial charge in [-0.15, -0.1) is 0 Å². The fourth-order valence-corrected chi connectivity index (χ4v) is 4.20. The molecule has 0 saturated heterocycles. The zero-order valence-electron chi connectivity index (χ0n) is 21.1. The summed E-state index contributed by atoms with van der Waals surface area (Å²) in [5, 5.41) is 27.5. The summed E-state index contributed by atoms with van der Waals surface area (Å²) in [5.41, 5.74) is 12.5. The second-order valence-electron chi connectivity index (χ2n) is 8.81. The van der Waals surface area contributed by atoms with E-state index in [-0.39, 0.29) is 6.42 Å². The summed E-state index contributed by atoms with van der Waals surface area (Å²) < 4.78 is 0. The minimum atomic E-state index is -1.56. The number of rotatable bonds is 15. The molecule has 2 aromatic rings.